The SMILES string of the molecule is N=C(CC(F)(F)F)/C(=N\O)C(=O)N[C@H](c1cn2ncc(CN3C[C@@H](C(F)(F)F)NC3=O)cc2n1)C1CCC(F)(F)CC1. The highest BCUT2D eigenvalue weighted by atomic mass is 19.4. The Morgan fingerprint density at radius 2 is 1.90 bits per heavy atom. The van der Waals surface area contributed by atoms with E-state index in [1.54, 1.807) is 0 Å². The summed E-state index contributed by atoms with van der Waals surface area (Å²) in [5, 5.41) is 27.5. The van der Waals surface area contributed by atoms with E-state index in [2.05, 4.69) is 20.6 Å². The Kier molecular flexibility index (Phi) is 8.32. The van der Waals surface area contributed by atoms with Gasteiger partial charge in [0, 0.05) is 19.4 Å². The van der Waals surface area contributed by atoms with Crippen LogP contribution in [0.4, 0.5) is 39.9 Å². The van der Waals surface area contributed by atoms with Gasteiger partial charge in [-0.25, -0.2) is 23.1 Å². The van der Waals surface area contributed by atoms with E-state index in [1.165, 1.54) is 23.0 Å². The standard InChI is InChI=1S/C23H24F8N8O3/c24-21(25)3-1-12(2-4-21)17(36-19(40)18(37-42)13(32)6-22(26,27)28)14-9-39-16(34-14)5-11(7-33-39)8-38-10-15(23(29,30)31)35-20(38)41/h5,7,9,12,15,17,32,42H,1-4,6,8,10H2,(H,35,41)(H,36,40)/b32-13?,37-18+/t15-,17-/m0/s1. The Labute approximate surface area is 231 Å². The lowest BCUT2D eigenvalue weighted by Gasteiger charge is -2.33. The number of alkyl halides is 8. The van der Waals surface area contributed by atoms with Crippen LogP contribution < -0.4 is 10.6 Å². The number of nitrogens with zero attached hydrogens (tertiary/aromatic N) is 5. The molecule has 4 rings (SSSR count). The largest absolute Gasteiger partial charge is 0.410 e. The van der Waals surface area contributed by atoms with Crippen molar-refractivity contribution in [2.45, 2.75) is 69.0 Å². The molecule has 19 heteroatoms. The molecule has 2 aliphatic rings. The van der Waals surface area contributed by atoms with E-state index in [-0.39, 0.29) is 30.7 Å². The van der Waals surface area contributed by atoms with Gasteiger partial charge in [0.1, 0.15) is 6.04 Å². The number of nitrogens with one attached hydrogen (secondary N) is 3. The van der Waals surface area contributed by atoms with Crippen LogP contribution >= 0.6 is 0 Å². The van der Waals surface area contributed by atoms with E-state index < -0.39 is 85.4 Å². The molecule has 11 nitrogen and oxygen atoms in total. The van der Waals surface area contributed by atoms with Crippen molar-refractivity contribution in [2.75, 3.05) is 6.54 Å². The number of urea groups is 1. The number of halogens is 8. The maximum Gasteiger partial charge on any atom is 0.410 e. The molecule has 1 aliphatic heterocycles. The summed E-state index contributed by atoms with van der Waals surface area (Å²) in [4.78, 5) is 30.1. The van der Waals surface area contributed by atoms with E-state index in [9.17, 15) is 44.7 Å². The summed E-state index contributed by atoms with van der Waals surface area (Å²) in [6, 6.07) is -2.75. The minimum Gasteiger partial charge on any atom is -0.410 e. The zero-order chi connectivity index (χ0) is 31.0. The monoisotopic (exact) mass is 612 g/mol. The van der Waals surface area contributed by atoms with Crippen molar-refractivity contribution >= 4 is 29.0 Å². The third-order valence-electron chi connectivity index (χ3n) is 6.97. The van der Waals surface area contributed by atoms with E-state index in [0.717, 1.165) is 4.90 Å². The van der Waals surface area contributed by atoms with Crippen LogP contribution in [0.2, 0.25) is 0 Å². The van der Waals surface area contributed by atoms with Gasteiger partial charge in [-0.3, -0.25) is 4.79 Å². The summed E-state index contributed by atoms with van der Waals surface area (Å²) >= 11 is 0. The molecule has 3 heterocycles. The predicted molar refractivity (Wildman–Crippen MR) is 127 cm³/mol. The number of oxime groups is 1. The zero-order valence-corrected chi connectivity index (χ0v) is 21.4. The van der Waals surface area contributed by atoms with Crippen LogP contribution in [0.5, 0.6) is 0 Å². The molecular weight excluding hydrogens is 588 g/mol. The number of fused-ring (bicyclic) bond motifs is 1. The smallest absolute Gasteiger partial charge is 0.410 e. The summed E-state index contributed by atoms with van der Waals surface area (Å²) in [5.41, 5.74) is -2.08. The molecule has 0 aromatic carbocycles. The van der Waals surface area contributed by atoms with Crippen LogP contribution in [0.1, 0.15) is 49.4 Å². The van der Waals surface area contributed by atoms with Crippen LogP contribution in [-0.4, -0.2) is 78.9 Å². The first-order valence-corrected chi connectivity index (χ1v) is 12.5. The fraction of sp³-hybridized carbons (Fsp3) is 0.565. The van der Waals surface area contributed by atoms with Gasteiger partial charge in [-0.15, -0.1) is 0 Å². The number of amides is 3. The number of rotatable bonds is 8. The van der Waals surface area contributed by atoms with Gasteiger partial charge in [0.2, 0.25) is 5.92 Å². The molecule has 2 atom stereocenters. The summed E-state index contributed by atoms with van der Waals surface area (Å²) in [6.07, 6.45) is -10.1. The van der Waals surface area contributed by atoms with Gasteiger partial charge >= 0.3 is 18.4 Å². The average molecular weight is 612 g/mol. The van der Waals surface area contributed by atoms with E-state index >= 15 is 0 Å². The van der Waals surface area contributed by atoms with E-state index in [4.69, 9.17) is 10.6 Å². The molecule has 0 unspecified atom stereocenters. The maximum absolute atomic E-state index is 13.8. The fourth-order valence-corrected chi connectivity index (χ4v) is 4.87. The van der Waals surface area contributed by atoms with Crippen LogP contribution in [0.15, 0.2) is 23.6 Å². The van der Waals surface area contributed by atoms with Crippen LogP contribution in [-0.2, 0) is 11.3 Å². The Morgan fingerprint density at radius 3 is 2.48 bits per heavy atom. The Morgan fingerprint density at radius 1 is 1.24 bits per heavy atom. The first-order chi connectivity index (χ1) is 19.5. The highest BCUT2D eigenvalue weighted by molar-refractivity contribution is 6.66. The molecule has 230 valence electrons. The van der Waals surface area contributed by atoms with Crippen molar-refractivity contribution in [3.63, 3.8) is 0 Å². The number of imidazole rings is 1. The van der Waals surface area contributed by atoms with Crippen LogP contribution in [0.3, 0.4) is 0 Å². The molecule has 0 spiro atoms. The van der Waals surface area contributed by atoms with Crippen molar-refractivity contribution in [3.8, 4) is 0 Å². The number of hydrogen-bond acceptors (Lipinski definition) is 7. The van der Waals surface area contributed by atoms with Crippen LogP contribution in [0, 0.1) is 11.3 Å². The lowest BCUT2D eigenvalue weighted by Crippen LogP contribution is -2.43. The molecule has 0 bridgehead atoms. The normalized spacial score (nSPS) is 21.0. The molecule has 4 N–H and O–H groups in total. The Bertz CT molecular complexity index is 1380. The first-order valence-electron chi connectivity index (χ1n) is 12.5. The molecule has 1 saturated carbocycles. The molecule has 1 aliphatic carbocycles. The van der Waals surface area contributed by atoms with Crippen molar-refractivity contribution in [3.05, 3.63) is 29.7 Å². The summed E-state index contributed by atoms with van der Waals surface area (Å²) in [7, 11) is 0. The molecule has 2 aromatic heterocycles. The number of carbonyl (C=O) groups is 2. The molecule has 0 radical (unpaired) electrons. The number of carbonyl (C=O) groups excluding carboxylic acids is 2. The highest BCUT2D eigenvalue weighted by Gasteiger charge is 2.47. The first kappa shape index (κ1) is 30.9. The van der Waals surface area contributed by atoms with Gasteiger partial charge in [0.15, 0.2) is 11.4 Å². The van der Waals surface area contributed by atoms with Gasteiger partial charge in [0.05, 0.1) is 42.8 Å². The number of hydrogen-bond donors (Lipinski definition) is 4. The molecule has 1 saturated heterocycles. The van der Waals surface area contributed by atoms with Gasteiger partial charge in [-0.1, -0.05) is 5.16 Å². The summed E-state index contributed by atoms with van der Waals surface area (Å²) in [6.45, 7) is -0.884. The van der Waals surface area contributed by atoms with Crippen molar-refractivity contribution in [1.29, 1.82) is 5.41 Å². The van der Waals surface area contributed by atoms with Gasteiger partial charge in [-0.05, 0) is 30.4 Å². The van der Waals surface area contributed by atoms with Crippen molar-refractivity contribution < 1.29 is 49.9 Å². The molecular formula is C23H24F8N8O3. The molecule has 3 amide bonds. The Balaban J connectivity index is 1.58. The van der Waals surface area contributed by atoms with Crippen molar-refractivity contribution in [1.82, 2.24) is 30.1 Å². The van der Waals surface area contributed by atoms with Gasteiger partial charge in [-0.2, -0.15) is 31.4 Å². The second-order valence-electron chi connectivity index (χ2n) is 10.1. The van der Waals surface area contributed by atoms with Gasteiger partial charge in [0.25, 0.3) is 5.91 Å². The highest BCUT2D eigenvalue weighted by Crippen LogP contribution is 2.41. The summed E-state index contributed by atoms with van der Waals surface area (Å²) < 4.78 is 106. The van der Waals surface area contributed by atoms with Crippen LogP contribution in [0.25, 0.3) is 5.65 Å². The quantitative estimate of drug-likeness (QED) is 0.154. The summed E-state index contributed by atoms with van der Waals surface area (Å²) in [5.74, 6) is -5.00. The lowest BCUT2D eigenvalue weighted by molar-refractivity contribution is -0.149. The fourth-order valence-electron chi connectivity index (χ4n) is 4.87. The average Bonchev–Trinajstić information content (AvgIpc) is 3.45. The Hall–Kier alpha value is -4.06. The third-order valence-corrected chi connectivity index (χ3v) is 6.97. The molecule has 42 heavy (non-hydrogen) atoms. The third kappa shape index (κ3) is 7.22. The molecule has 2 fully saturated rings. The maximum atomic E-state index is 13.8. The number of aromatic nitrogens is 3. The minimum atomic E-state index is -4.88. The van der Waals surface area contributed by atoms with E-state index in [1.807, 2.05) is 5.32 Å². The molecule has 2 aromatic rings. The lowest BCUT2D eigenvalue weighted by atomic mass is 9.81. The van der Waals surface area contributed by atoms with E-state index in [0.29, 0.717) is 5.56 Å². The predicted octanol–water partition coefficient (Wildman–Crippen LogP) is 3.97. The second-order valence-corrected chi connectivity index (χ2v) is 10.1. The topological polar surface area (TPSA) is 148 Å². The second kappa shape index (κ2) is 11.3. The van der Waals surface area contributed by atoms with Gasteiger partial charge < -0.3 is 26.2 Å². The zero-order valence-electron chi connectivity index (χ0n) is 21.4. The minimum absolute atomic E-state index is 0.0545. The van der Waals surface area contributed by atoms with Crippen molar-refractivity contribution in [2.24, 2.45) is 11.1 Å².